The lowest BCUT2D eigenvalue weighted by Gasteiger charge is -2.35. The van der Waals surface area contributed by atoms with Crippen molar-refractivity contribution in [3.63, 3.8) is 0 Å². The minimum Gasteiger partial charge on any atom is -0.444 e. The molecular formula is C19H26Cl2N2O3. The number of nitrogens with zero attached hydrogens (tertiary/aromatic N) is 2. The van der Waals surface area contributed by atoms with Crippen LogP contribution < -0.4 is 0 Å². The molecule has 0 aliphatic carbocycles. The monoisotopic (exact) mass is 400 g/mol. The predicted molar refractivity (Wildman–Crippen MR) is 103 cm³/mol. The number of halogens is 2. The van der Waals surface area contributed by atoms with E-state index in [1.165, 1.54) is 0 Å². The summed E-state index contributed by atoms with van der Waals surface area (Å²) in [5, 5.41) is 1.10. The van der Waals surface area contributed by atoms with Crippen molar-refractivity contribution < 1.29 is 14.3 Å². The van der Waals surface area contributed by atoms with Gasteiger partial charge in [0, 0.05) is 36.7 Å². The largest absolute Gasteiger partial charge is 0.444 e. The number of likely N-dealkylation sites (tertiary alicyclic amines) is 1. The fraction of sp³-hybridized carbons (Fsp3) is 0.579. The van der Waals surface area contributed by atoms with E-state index >= 15 is 0 Å². The van der Waals surface area contributed by atoms with Crippen LogP contribution in [0.5, 0.6) is 0 Å². The number of hydrogen-bond acceptors (Lipinski definition) is 3. The van der Waals surface area contributed by atoms with E-state index in [0.29, 0.717) is 29.7 Å². The molecule has 1 aliphatic rings. The van der Waals surface area contributed by atoms with Crippen LogP contribution in [0.3, 0.4) is 0 Å². The molecule has 1 unspecified atom stereocenters. The molecule has 1 aromatic carbocycles. The molecule has 0 saturated carbocycles. The highest BCUT2D eigenvalue weighted by Crippen LogP contribution is 2.24. The first-order chi connectivity index (χ1) is 12.1. The Morgan fingerprint density at radius 2 is 2.00 bits per heavy atom. The topological polar surface area (TPSA) is 49.9 Å². The van der Waals surface area contributed by atoms with E-state index in [2.05, 4.69) is 0 Å². The summed E-state index contributed by atoms with van der Waals surface area (Å²) in [7, 11) is 1.75. The molecule has 0 spiro atoms. The van der Waals surface area contributed by atoms with Crippen LogP contribution in [0, 0.1) is 5.92 Å². The third kappa shape index (κ3) is 5.78. The molecule has 1 atom stereocenters. The Balaban J connectivity index is 1.98. The zero-order valence-corrected chi connectivity index (χ0v) is 17.2. The van der Waals surface area contributed by atoms with Crippen molar-refractivity contribution in [2.24, 2.45) is 5.92 Å². The average molecular weight is 401 g/mol. The zero-order valence-electron chi connectivity index (χ0n) is 15.7. The molecule has 0 N–H and O–H groups in total. The second-order valence-corrected chi connectivity index (χ2v) is 8.54. The van der Waals surface area contributed by atoms with E-state index in [4.69, 9.17) is 27.9 Å². The third-order valence-corrected chi connectivity index (χ3v) is 4.81. The van der Waals surface area contributed by atoms with Crippen LogP contribution in [0.15, 0.2) is 18.2 Å². The molecule has 0 radical (unpaired) electrons. The summed E-state index contributed by atoms with van der Waals surface area (Å²) < 4.78 is 5.42. The van der Waals surface area contributed by atoms with Crippen molar-refractivity contribution in [1.29, 1.82) is 0 Å². The van der Waals surface area contributed by atoms with E-state index in [1.54, 1.807) is 29.0 Å². The summed E-state index contributed by atoms with van der Waals surface area (Å²) in [6.45, 7) is 6.90. The maximum atomic E-state index is 12.8. The van der Waals surface area contributed by atoms with Gasteiger partial charge in [0.1, 0.15) is 5.60 Å². The zero-order chi connectivity index (χ0) is 19.5. The summed E-state index contributed by atoms with van der Waals surface area (Å²) in [6, 6.07) is 5.25. The number of benzene rings is 1. The van der Waals surface area contributed by atoms with Gasteiger partial charge in [-0.2, -0.15) is 0 Å². The van der Waals surface area contributed by atoms with Gasteiger partial charge in [0.15, 0.2) is 0 Å². The Labute approximate surface area is 165 Å². The number of carbonyl (C=O) groups excluding carboxylic acids is 2. The Hall–Kier alpha value is -1.46. The van der Waals surface area contributed by atoms with Crippen LogP contribution in [-0.2, 0) is 16.1 Å². The fourth-order valence-electron chi connectivity index (χ4n) is 2.97. The first-order valence-corrected chi connectivity index (χ1v) is 9.49. The van der Waals surface area contributed by atoms with Crippen molar-refractivity contribution in [2.45, 2.75) is 45.8 Å². The second kappa shape index (κ2) is 8.49. The smallest absolute Gasteiger partial charge is 0.410 e. The Morgan fingerprint density at radius 3 is 2.62 bits per heavy atom. The van der Waals surface area contributed by atoms with Crippen LogP contribution in [0.2, 0.25) is 10.0 Å². The van der Waals surface area contributed by atoms with E-state index in [1.807, 2.05) is 26.8 Å². The minimum atomic E-state index is -0.545. The molecule has 7 heteroatoms. The van der Waals surface area contributed by atoms with Gasteiger partial charge in [-0.05, 0) is 51.3 Å². The first kappa shape index (κ1) is 20.8. The molecule has 1 saturated heterocycles. The summed E-state index contributed by atoms with van der Waals surface area (Å²) in [5.41, 5.74) is 0.294. The van der Waals surface area contributed by atoms with Gasteiger partial charge < -0.3 is 14.5 Å². The van der Waals surface area contributed by atoms with E-state index in [9.17, 15) is 9.59 Å². The molecular weight excluding hydrogens is 375 g/mol. The molecule has 5 nitrogen and oxygen atoms in total. The van der Waals surface area contributed by atoms with E-state index in [0.717, 1.165) is 18.4 Å². The van der Waals surface area contributed by atoms with Gasteiger partial charge >= 0.3 is 6.09 Å². The lowest BCUT2D eigenvalue weighted by molar-refractivity contribution is -0.136. The average Bonchev–Trinajstić information content (AvgIpc) is 2.55. The Bertz CT molecular complexity index is 673. The van der Waals surface area contributed by atoms with Crippen LogP contribution in [0.1, 0.15) is 39.2 Å². The molecule has 0 bridgehead atoms. The fourth-order valence-corrected chi connectivity index (χ4v) is 3.43. The third-order valence-electron chi connectivity index (χ3n) is 4.22. The molecule has 1 aliphatic heterocycles. The van der Waals surface area contributed by atoms with Crippen LogP contribution in [0.25, 0.3) is 0 Å². The molecule has 1 fully saturated rings. The molecule has 2 amide bonds. The van der Waals surface area contributed by atoms with Crippen LogP contribution in [-0.4, -0.2) is 47.5 Å². The molecule has 144 valence electrons. The quantitative estimate of drug-likeness (QED) is 0.744. The van der Waals surface area contributed by atoms with Crippen molar-refractivity contribution in [1.82, 2.24) is 9.80 Å². The highest BCUT2D eigenvalue weighted by Gasteiger charge is 2.32. The molecule has 2 rings (SSSR count). The number of rotatable bonds is 3. The summed E-state index contributed by atoms with van der Waals surface area (Å²) >= 11 is 12.1. The van der Waals surface area contributed by atoms with Gasteiger partial charge in [0.2, 0.25) is 5.91 Å². The summed E-state index contributed by atoms with van der Waals surface area (Å²) in [6.07, 6.45) is 1.18. The first-order valence-electron chi connectivity index (χ1n) is 8.73. The highest BCUT2D eigenvalue weighted by molar-refractivity contribution is 6.35. The summed E-state index contributed by atoms with van der Waals surface area (Å²) in [4.78, 5) is 28.4. The molecule has 0 aromatic heterocycles. The SMILES string of the molecule is CN(Cc1ccc(Cl)cc1Cl)C(=O)C1CCCN(C(=O)OC(C)(C)C)C1. The van der Waals surface area contributed by atoms with Crippen molar-refractivity contribution in [3.05, 3.63) is 33.8 Å². The Morgan fingerprint density at radius 1 is 1.31 bits per heavy atom. The van der Waals surface area contributed by atoms with Crippen LogP contribution >= 0.6 is 23.2 Å². The predicted octanol–water partition coefficient (Wildman–Crippen LogP) is 4.60. The highest BCUT2D eigenvalue weighted by atomic mass is 35.5. The van der Waals surface area contributed by atoms with Gasteiger partial charge in [-0.25, -0.2) is 4.79 Å². The molecule has 1 aromatic rings. The molecule has 26 heavy (non-hydrogen) atoms. The van der Waals surface area contributed by atoms with Gasteiger partial charge in [-0.1, -0.05) is 29.3 Å². The number of hydrogen-bond donors (Lipinski definition) is 0. The standard InChI is InChI=1S/C19H26Cl2N2O3/c1-19(2,3)26-18(25)23-9-5-6-14(12-23)17(24)22(4)11-13-7-8-15(20)10-16(13)21/h7-8,10,14H,5-6,9,11-12H2,1-4H3. The Kier molecular flexibility index (Phi) is 6.80. The van der Waals surface area contributed by atoms with Gasteiger partial charge in [0.05, 0.1) is 5.92 Å². The maximum absolute atomic E-state index is 12.8. The minimum absolute atomic E-state index is 0.00396. The lowest BCUT2D eigenvalue weighted by Crippen LogP contribution is -2.47. The van der Waals surface area contributed by atoms with Gasteiger partial charge in [-0.3, -0.25) is 4.79 Å². The molecule has 1 heterocycles. The van der Waals surface area contributed by atoms with E-state index in [-0.39, 0.29) is 17.9 Å². The van der Waals surface area contributed by atoms with Gasteiger partial charge in [-0.15, -0.1) is 0 Å². The second-order valence-electron chi connectivity index (χ2n) is 7.70. The number of piperidine rings is 1. The number of carbonyl (C=O) groups is 2. The summed E-state index contributed by atoms with van der Waals surface area (Å²) in [5.74, 6) is -0.225. The normalized spacial score (nSPS) is 17.8. The number of amides is 2. The van der Waals surface area contributed by atoms with Crippen molar-refractivity contribution >= 4 is 35.2 Å². The number of ether oxygens (including phenoxy) is 1. The van der Waals surface area contributed by atoms with Crippen molar-refractivity contribution in [3.8, 4) is 0 Å². The van der Waals surface area contributed by atoms with Gasteiger partial charge in [0.25, 0.3) is 0 Å². The van der Waals surface area contributed by atoms with Crippen molar-refractivity contribution in [2.75, 3.05) is 20.1 Å². The lowest BCUT2D eigenvalue weighted by atomic mass is 9.96. The van der Waals surface area contributed by atoms with E-state index < -0.39 is 5.60 Å². The van der Waals surface area contributed by atoms with Crippen LogP contribution in [0.4, 0.5) is 4.79 Å². The maximum Gasteiger partial charge on any atom is 0.410 e.